The molecule has 0 saturated carbocycles. The molecule has 0 spiro atoms. The fourth-order valence-electron chi connectivity index (χ4n) is 2.22. The van der Waals surface area contributed by atoms with Gasteiger partial charge in [0, 0.05) is 17.6 Å². The Balaban J connectivity index is 2.26. The molecule has 3 nitrogen and oxygen atoms in total. The molecule has 2 rings (SSSR count). The number of carboxylic acid groups (broad SMARTS) is 1. The van der Waals surface area contributed by atoms with Gasteiger partial charge in [0.15, 0.2) is 0 Å². The van der Waals surface area contributed by atoms with Crippen molar-refractivity contribution in [2.24, 2.45) is 11.8 Å². The lowest BCUT2D eigenvalue weighted by Crippen LogP contribution is -2.20. The van der Waals surface area contributed by atoms with Crippen molar-refractivity contribution in [2.45, 2.75) is 13.8 Å². The number of carbonyl (C=O) groups is 1. The first kappa shape index (κ1) is 12.4. The Hall–Kier alpha value is -1.03. The Bertz CT molecular complexity index is 437. The second-order valence-corrected chi connectivity index (χ2v) is 5.69. The summed E-state index contributed by atoms with van der Waals surface area (Å²) in [6.07, 6.45) is 0. The molecular weight excluding hydrogens is 282 g/mol. The third-order valence-corrected chi connectivity index (χ3v) is 4.16. The van der Waals surface area contributed by atoms with E-state index in [1.807, 2.05) is 6.07 Å². The van der Waals surface area contributed by atoms with Gasteiger partial charge in [-0.05, 0) is 46.0 Å². The number of rotatable bonds is 2. The van der Waals surface area contributed by atoms with Crippen LogP contribution < -0.4 is 4.90 Å². The van der Waals surface area contributed by atoms with Gasteiger partial charge in [0.25, 0.3) is 0 Å². The van der Waals surface area contributed by atoms with Crippen molar-refractivity contribution in [1.29, 1.82) is 0 Å². The summed E-state index contributed by atoms with van der Waals surface area (Å²) in [7, 11) is 0. The molecule has 2 atom stereocenters. The molecule has 1 aromatic carbocycles. The van der Waals surface area contributed by atoms with E-state index in [9.17, 15) is 4.79 Å². The van der Waals surface area contributed by atoms with Gasteiger partial charge in [-0.1, -0.05) is 13.8 Å². The van der Waals surface area contributed by atoms with E-state index in [-0.39, 0.29) is 0 Å². The van der Waals surface area contributed by atoms with Crippen LogP contribution in [-0.4, -0.2) is 24.2 Å². The van der Waals surface area contributed by atoms with Gasteiger partial charge >= 0.3 is 5.97 Å². The first-order valence-corrected chi connectivity index (χ1v) is 6.56. The zero-order chi connectivity index (χ0) is 12.6. The fraction of sp³-hybridized carbons (Fsp3) is 0.462. The Morgan fingerprint density at radius 3 is 2.41 bits per heavy atom. The second-order valence-electron chi connectivity index (χ2n) is 4.83. The van der Waals surface area contributed by atoms with Crippen LogP contribution in [0.2, 0.25) is 0 Å². The van der Waals surface area contributed by atoms with Crippen LogP contribution >= 0.6 is 15.9 Å². The van der Waals surface area contributed by atoms with Crippen LogP contribution in [0.25, 0.3) is 0 Å². The van der Waals surface area contributed by atoms with Gasteiger partial charge in [0.05, 0.1) is 11.3 Å². The van der Waals surface area contributed by atoms with E-state index in [0.29, 0.717) is 17.4 Å². The SMILES string of the molecule is CC1CN(c2ccc(C(=O)O)cc2Br)CC1C. The van der Waals surface area contributed by atoms with Gasteiger partial charge < -0.3 is 10.0 Å². The number of halogens is 1. The highest BCUT2D eigenvalue weighted by Gasteiger charge is 2.27. The maximum atomic E-state index is 10.9. The second kappa shape index (κ2) is 4.69. The molecule has 0 aromatic heterocycles. The molecular formula is C13H16BrNO2. The third-order valence-electron chi connectivity index (χ3n) is 3.52. The molecule has 4 heteroatoms. The fourth-order valence-corrected chi connectivity index (χ4v) is 2.85. The lowest BCUT2D eigenvalue weighted by Gasteiger charge is -2.20. The molecule has 0 amide bonds. The highest BCUT2D eigenvalue weighted by molar-refractivity contribution is 9.10. The molecule has 1 aliphatic rings. The Labute approximate surface area is 110 Å². The van der Waals surface area contributed by atoms with Crippen LogP contribution in [0.15, 0.2) is 22.7 Å². The molecule has 1 aliphatic heterocycles. The highest BCUT2D eigenvalue weighted by atomic mass is 79.9. The summed E-state index contributed by atoms with van der Waals surface area (Å²) >= 11 is 3.46. The van der Waals surface area contributed by atoms with Crippen LogP contribution in [0.3, 0.4) is 0 Å². The molecule has 1 saturated heterocycles. The maximum absolute atomic E-state index is 10.9. The maximum Gasteiger partial charge on any atom is 0.335 e. The van der Waals surface area contributed by atoms with Crippen LogP contribution in [-0.2, 0) is 0 Å². The molecule has 0 radical (unpaired) electrons. The molecule has 2 unspecified atom stereocenters. The van der Waals surface area contributed by atoms with Crippen LogP contribution in [0, 0.1) is 11.8 Å². The van der Waals surface area contributed by atoms with Crippen molar-refractivity contribution >= 4 is 27.6 Å². The number of nitrogens with zero attached hydrogens (tertiary/aromatic N) is 1. The summed E-state index contributed by atoms with van der Waals surface area (Å²) < 4.78 is 0.860. The van der Waals surface area contributed by atoms with Crippen molar-refractivity contribution in [3.8, 4) is 0 Å². The van der Waals surface area contributed by atoms with Gasteiger partial charge in [-0.25, -0.2) is 4.79 Å². The first-order valence-electron chi connectivity index (χ1n) is 5.77. The van der Waals surface area contributed by atoms with Crippen LogP contribution in [0.1, 0.15) is 24.2 Å². The Morgan fingerprint density at radius 2 is 1.94 bits per heavy atom. The lowest BCUT2D eigenvalue weighted by molar-refractivity contribution is 0.0697. The van der Waals surface area contributed by atoms with Crippen molar-refractivity contribution in [3.05, 3.63) is 28.2 Å². The average Bonchev–Trinajstić information content (AvgIpc) is 2.58. The first-order chi connectivity index (χ1) is 7.99. The van der Waals surface area contributed by atoms with Crippen molar-refractivity contribution < 1.29 is 9.90 Å². The average molecular weight is 298 g/mol. The van der Waals surface area contributed by atoms with Gasteiger partial charge in [-0.15, -0.1) is 0 Å². The van der Waals surface area contributed by atoms with E-state index >= 15 is 0 Å². The monoisotopic (exact) mass is 297 g/mol. The summed E-state index contributed by atoms with van der Waals surface area (Å²) in [6.45, 7) is 6.58. The summed E-state index contributed by atoms with van der Waals surface area (Å²) in [5, 5.41) is 8.92. The van der Waals surface area contributed by atoms with Crippen LogP contribution in [0.4, 0.5) is 5.69 Å². The topological polar surface area (TPSA) is 40.5 Å². The quantitative estimate of drug-likeness (QED) is 0.911. The number of aromatic carboxylic acids is 1. The molecule has 0 bridgehead atoms. The zero-order valence-electron chi connectivity index (χ0n) is 9.98. The summed E-state index contributed by atoms with van der Waals surface area (Å²) in [6, 6.07) is 5.22. The van der Waals surface area contributed by atoms with Crippen molar-refractivity contribution in [1.82, 2.24) is 0 Å². The number of hydrogen-bond donors (Lipinski definition) is 1. The minimum Gasteiger partial charge on any atom is -0.478 e. The standard InChI is InChI=1S/C13H16BrNO2/c1-8-6-15(7-9(8)2)12-4-3-10(13(16)17)5-11(12)14/h3-5,8-9H,6-7H2,1-2H3,(H,16,17). The van der Waals surface area contributed by atoms with E-state index in [4.69, 9.17) is 5.11 Å². The molecule has 1 fully saturated rings. The van der Waals surface area contributed by atoms with Gasteiger partial charge in [-0.3, -0.25) is 0 Å². The molecule has 1 heterocycles. The lowest BCUT2D eigenvalue weighted by atomic mass is 10.0. The van der Waals surface area contributed by atoms with E-state index < -0.39 is 5.97 Å². The van der Waals surface area contributed by atoms with E-state index in [2.05, 4.69) is 34.7 Å². The summed E-state index contributed by atoms with van der Waals surface area (Å²) in [5.41, 5.74) is 1.41. The number of anilines is 1. The van der Waals surface area contributed by atoms with E-state index in [0.717, 1.165) is 23.2 Å². The minimum atomic E-state index is -0.889. The molecule has 1 N–H and O–H groups in total. The molecule has 92 valence electrons. The van der Waals surface area contributed by atoms with E-state index in [1.165, 1.54) is 0 Å². The normalized spacial score (nSPS) is 24.1. The van der Waals surface area contributed by atoms with Crippen molar-refractivity contribution in [3.63, 3.8) is 0 Å². The predicted octanol–water partition coefficient (Wildman–Crippen LogP) is 3.24. The molecule has 17 heavy (non-hydrogen) atoms. The summed E-state index contributed by atoms with van der Waals surface area (Å²) in [4.78, 5) is 13.2. The Morgan fingerprint density at radius 1 is 1.35 bits per heavy atom. The zero-order valence-corrected chi connectivity index (χ0v) is 11.6. The molecule has 1 aromatic rings. The largest absolute Gasteiger partial charge is 0.478 e. The van der Waals surface area contributed by atoms with Gasteiger partial charge in [-0.2, -0.15) is 0 Å². The Kier molecular flexibility index (Phi) is 3.43. The van der Waals surface area contributed by atoms with Gasteiger partial charge in [0.1, 0.15) is 0 Å². The smallest absolute Gasteiger partial charge is 0.335 e. The van der Waals surface area contributed by atoms with Gasteiger partial charge in [0.2, 0.25) is 0 Å². The number of hydrogen-bond acceptors (Lipinski definition) is 2. The van der Waals surface area contributed by atoms with Crippen molar-refractivity contribution in [2.75, 3.05) is 18.0 Å². The number of carboxylic acids is 1. The highest BCUT2D eigenvalue weighted by Crippen LogP contribution is 2.33. The number of benzene rings is 1. The summed E-state index contributed by atoms with van der Waals surface area (Å²) in [5.74, 6) is 0.475. The van der Waals surface area contributed by atoms with Crippen LogP contribution in [0.5, 0.6) is 0 Å². The molecule has 0 aliphatic carbocycles. The predicted molar refractivity (Wildman–Crippen MR) is 71.6 cm³/mol. The van der Waals surface area contributed by atoms with E-state index in [1.54, 1.807) is 12.1 Å². The third kappa shape index (κ3) is 2.46. The minimum absolute atomic E-state index is 0.320.